The highest BCUT2D eigenvalue weighted by atomic mass is 79.9. The first kappa shape index (κ1) is 12.2. The van der Waals surface area contributed by atoms with Crippen LogP contribution >= 0.6 is 15.9 Å². The molecule has 3 aromatic rings. The summed E-state index contributed by atoms with van der Waals surface area (Å²) in [6.45, 7) is 0. The first-order valence-electron chi connectivity index (χ1n) is 5.57. The molecule has 2 aromatic carbocycles. The summed E-state index contributed by atoms with van der Waals surface area (Å²) >= 11 is 3.37. The summed E-state index contributed by atoms with van der Waals surface area (Å²) in [6, 6.07) is 10.1. The summed E-state index contributed by atoms with van der Waals surface area (Å²) in [6.07, 6.45) is 0. The molecule has 0 N–H and O–H groups in total. The van der Waals surface area contributed by atoms with Crippen molar-refractivity contribution < 1.29 is 13.5 Å². The Kier molecular flexibility index (Phi) is 2.98. The number of aromatic nitrogens is 1. The number of ether oxygens (including phenoxy) is 1. The standard InChI is InChI=1S/C14H9BrFNO2/c1-18-12-4-2-8(6-10(12)16)14-17-11-7-9(15)3-5-13(11)19-14/h2-7H,1H3. The van der Waals surface area contributed by atoms with Crippen molar-refractivity contribution in [2.24, 2.45) is 0 Å². The summed E-state index contributed by atoms with van der Waals surface area (Å²) in [5.74, 6) is 0.140. The molecule has 0 unspecified atom stereocenters. The fourth-order valence-corrected chi connectivity index (χ4v) is 2.17. The second-order valence-corrected chi connectivity index (χ2v) is 4.90. The summed E-state index contributed by atoms with van der Waals surface area (Å²) in [5, 5.41) is 0. The Labute approximate surface area is 117 Å². The molecule has 0 radical (unpaired) electrons. The van der Waals surface area contributed by atoms with Gasteiger partial charge in [-0.2, -0.15) is 0 Å². The summed E-state index contributed by atoms with van der Waals surface area (Å²) in [7, 11) is 1.43. The SMILES string of the molecule is COc1ccc(-c2nc3cc(Br)ccc3o2)cc1F. The van der Waals surface area contributed by atoms with Crippen molar-refractivity contribution in [2.45, 2.75) is 0 Å². The molecule has 1 aromatic heterocycles. The molecule has 0 saturated carbocycles. The van der Waals surface area contributed by atoms with Crippen LogP contribution in [0.15, 0.2) is 45.3 Å². The minimum atomic E-state index is -0.441. The van der Waals surface area contributed by atoms with E-state index in [9.17, 15) is 4.39 Å². The number of hydrogen-bond donors (Lipinski definition) is 0. The van der Waals surface area contributed by atoms with Gasteiger partial charge < -0.3 is 9.15 Å². The third-order valence-electron chi connectivity index (χ3n) is 2.75. The molecule has 0 amide bonds. The lowest BCUT2D eigenvalue weighted by atomic mass is 10.2. The molecule has 0 aliphatic carbocycles. The van der Waals surface area contributed by atoms with Gasteiger partial charge in [0.15, 0.2) is 17.1 Å². The van der Waals surface area contributed by atoms with Gasteiger partial charge >= 0.3 is 0 Å². The van der Waals surface area contributed by atoms with Gasteiger partial charge in [-0.1, -0.05) is 15.9 Å². The Hall–Kier alpha value is -1.88. The molecule has 0 fully saturated rings. The zero-order chi connectivity index (χ0) is 13.4. The lowest BCUT2D eigenvalue weighted by Crippen LogP contribution is -1.88. The van der Waals surface area contributed by atoms with E-state index in [0.29, 0.717) is 17.0 Å². The first-order chi connectivity index (χ1) is 9.17. The fraction of sp³-hybridized carbons (Fsp3) is 0.0714. The molecular formula is C14H9BrFNO2. The van der Waals surface area contributed by atoms with Crippen LogP contribution in [0.4, 0.5) is 4.39 Å². The van der Waals surface area contributed by atoms with Crippen molar-refractivity contribution in [1.82, 2.24) is 4.98 Å². The molecule has 19 heavy (non-hydrogen) atoms. The number of nitrogens with zero attached hydrogens (tertiary/aromatic N) is 1. The molecule has 96 valence electrons. The first-order valence-corrected chi connectivity index (χ1v) is 6.36. The average Bonchev–Trinajstić information content (AvgIpc) is 2.81. The molecule has 0 saturated heterocycles. The third-order valence-corrected chi connectivity index (χ3v) is 3.24. The Bertz CT molecular complexity index is 754. The van der Waals surface area contributed by atoms with Crippen LogP contribution in [0, 0.1) is 5.82 Å². The maximum atomic E-state index is 13.7. The zero-order valence-corrected chi connectivity index (χ0v) is 11.6. The van der Waals surface area contributed by atoms with Crippen molar-refractivity contribution in [1.29, 1.82) is 0 Å². The van der Waals surface area contributed by atoms with Gasteiger partial charge in [0.05, 0.1) is 7.11 Å². The predicted molar refractivity (Wildman–Crippen MR) is 73.7 cm³/mol. The Balaban J connectivity index is 2.11. The monoisotopic (exact) mass is 321 g/mol. The molecule has 5 heteroatoms. The van der Waals surface area contributed by atoms with Crippen LogP contribution < -0.4 is 4.74 Å². The maximum absolute atomic E-state index is 13.7. The van der Waals surface area contributed by atoms with Gasteiger partial charge in [-0.15, -0.1) is 0 Å². The number of fused-ring (bicyclic) bond motifs is 1. The van der Waals surface area contributed by atoms with Gasteiger partial charge in [0.1, 0.15) is 5.52 Å². The van der Waals surface area contributed by atoms with Crippen LogP contribution in [0.25, 0.3) is 22.6 Å². The summed E-state index contributed by atoms with van der Waals surface area (Å²) < 4.78 is 25.0. The van der Waals surface area contributed by atoms with Crippen molar-refractivity contribution in [3.05, 3.63) is 46.7 Å². The number of hydrogen-bond acceptors (Lipinski definition) is 3. The summed E-state index contributed by atoms with van der Waals surface area (Å²) in [5.41, 5.74) is 1.96. The number of methoxy groups -OCH3 is 1. The van der Waals surface area contributed by atoms with E-state index in [1.54, 1.807) is 12.1 Å². The molecule has 0 spiro atoms. The molecule has 0 atom stereocenters. The van der Waals surface area contributed by atoms with Crippen LogP contribution in [-0.4, -0.2) is 12.1 Å². The smallest absolute Gasteiger partial charge is 0.227 e. The quantitative estimate of drug-likeness (QED) is 0.701. The van der Waals surface area contributed by atoms with Gasteiger partial charge in [-0.05, 0) is 36.4 Å². The molecule has 3 rings (SSSR count). The highest BCUT2D eigenvalue weighted by Gasteiger charge is 2.11. The highest BCUT2D eigenvalue weighted by molar-refractivity contribution is 9.10. The minimum Gasteiger partial charge on any atom is -0.494 e. The molecule has 0 bridgehead atoms. The van der Waals surface area contributed by atoms with Crippen LogP contribution in [0.5, 0.6) is 5.75 Å². The van der Waals surface area contributed by atoms with Crippen LogP contribution in [0.3, 0.4) is 0 Å². The third kappa shape index (κ3) is 2.21. The second kappa shape index (κ2) is 4.66. The molecule has 3 nitrogen and oxygen atoms in total. The second-order valence-electron chi connectivity index (χ2n) is 3.98. The minimum absolute atomic E-state index is 0.197. The van der Waals surface area contributed by atoms with Gasteiger partial charge in [0, 0.05) is 10.0 Å². The molecule has 0 aliphatic heterocycles. The molecule has 1 heterocycles. The van der Waals surface area contributed by atoms with E-state index in [1.807, 2.05) is 18.2 Å². The van der Waals surface area contributed by atoms with Crippen LogP contribution in [0.2, 0.25) is 0 Å². The average molecular weight is 322 g/mol. The summed E-state index contributed by atoms with van der Waals surface area (Å²) in [4.78, 5) is 4.34. The van der Waals surface area contributed by atoms with E-state index < -0.39 is 5.82 Å². The fourth-order valence-electron chi connectivity index (χ4n) is 1.82. The zero-order valence-electron chi connectivity index (χ0n) is 9.98. The number of rotatable bonds is 2. The topological polar surface area (TPSA) is 35.3 Å². The van der Waals surface area contributed by atoms with Crippen molar-refractivity contribution in [3.8, 4) is 17.2 Å². The Morgan fingerprint density at radius 1 is 1.21 bits per heavy atom. The Morgan fingerprint density at radius 3 is 2.79 bits per heavy atom. The van der Waals surface area contributed by atoms with Crippen LogP contribution in [-0.2, 0) is 0 Å². The van der Waals surface area contributed by atoms with Gasteiger partial charge in [-0.25, -0.2) is 9.37 Å². The molecule has 0 aliphatic rings. The van der Waals surface area contributed by atoms with E-state index in [4.69, 9.17) is 9.15 Å². The van der Waals surface area contributed by atoms with E-state index >= 15 is 0 Å². The van der Waals surface area contributed by atoms with E-state index in [2.05, 4.69) is 20.9 Å². The largest absolute Gasteiger partial charge is 0.494 e. The van der Waals surface area contributed by atoms with Crippen molar-refractivity contribution in [2.75, 3.05) is 7.11 Å². The Morgan fingerprint density at radius 2 is 2.05 bits per heavy atom. The van der Waals surface area contributed by atoms with Gasteiger partial charge in [0.2, 0.25) is 5.89 Å². The van der Waals surface area contributed by atoms with Crippen molar-refractivity contribution >= 4 is 27.0 Å². The number of oxazole rings is 1. The number of halogens is 2. The predicted octanol–water partition coefficient (Wildman–Crippen LogP) is 4.41. The lowest BCUT2D eigenvalue weighted by molar-refractivity contribution is 0.386. The van der Waals surface area contributed by atoms with Crippen LogP contribution in [0.1, 0.15) is 0 Å². The molecular weight excluding hydrogens is 313 g/mol. The number of benzene rings is 2. The lowest BCUT2D eigenvalue weighted by Gasteiger charge is -2.02. The maximum Gasteiger partial charge on any atom is 0.227 e. The van der Waals surface area contributed by atoms with Gasteiger partial charge in [0.25, 0.3) is 0 Å². The van der Waals surface area contributed by atoms with E-state index in [-0.39, 0.29) is 5.75 Å². The van der Waals surface area contributed by atoms with Crippen molar-refractivity contribution in [3.63, 3.8) is 0 Å². The normalized spacial score (nSPS) is 10.9. The van der Waals surface area contributed by atoms with E-state index in [1.165, 1.54) is 13.2 Å². The van der Waals surface area contributed by atoms with E-state index in [0.717, 1.165) is 9.99 Å². The highest BCUT2D eigenvalue weighted by Crippen LogP contribution is 2.28. The van der Waals surface area contributed by atoms with Gasteiger partial charge in [-0.3, -0.25) is 0 Å².